The second-order valence-corrected chi connectivity index (χ2v) is 11.2. The topological polar surface area (TPSA) is 86.8 Å². The molecule has 9 heteroatoms. The van der Waals surface area contributed by atoms with Crippen LogP contribution in [0, 0.1) is 0 Å². The molecule has 0 spiro atoms. The van der Waals surface area contributed by atoms with Crippen molar-refractivity contribution in [2.45, 2.75) is 56.4 Å². The largest absolute Gasteiger partial charge is 0.354 e. The van der Waals surface area contributed by atoms with Gasteiger partial charge in [-0.3, -0.25) is 14.5 Å². The number of hydrogen-bond acceptors (Lipinski definition) is 5. The Morgan fingerprint density at radius 2 is 1.94 bits per heavy atom. The summed E-state index contributed by atoms with van der Waals surface area (Å²) >= 11 is 1.64. The van der Waals surface area contributed by atoms with Crippen molar-refractivity contribution in [3.63, 3.8) is 0 Å². The van der Waals surface area contributed by atoms with Crippen LogP contribution in [-0.2, 0) is 32.5 Å². The fourth-order valence-electron chi connectivity index (χ4n) is 4.41. The Morgan fingerprint density at radius 3 is 2.62 bits per heavy atom. The molecule has 4 rings (SSSR count). The Bertz CT molecular complexity index is 1080. The standard InChI is InChI=1S/C23H29N3O4S2/c1-2-22(27)26-20-9-8-19(32(29,30)25-12-4-3-5-13-25)15-17(20)16-21(26)23(28)24-11-10-18-7-6-14-31-18/h6-9,14-15,21H,2-5,10-13,16H2,1H3,(H,24,28)/t21-/m1/s1. The highest BCUT2D eigenvalue weighted by molar-refractivity contribution is 7.89. The van der Waals surface area contributed by atoms with Crippen LogP contribution in [0.4, 0.5) is 5.69 Å². The molecular formula is C23H29N3O4S2. The van der Waals surface area contributed by atoms with Crippen molar-refractivity contribution in [1.29, 1.82) is 0 Å². The number of rotatable bonds is 7. The molecule has 2 aliphatic heterocycles. The molecule has 0 saturated carbocycles. The number of hydrogen-bond donors (Lipinski definition) is 1. The first-order valence-electron chi connectivity index (χ1n) is 11.2. The van der Waals surface area contributed by atoms with Crippen LogP contribution in [0.3, 0.4) is 0 Å². The molecule has 3 heterocycles. The molecule has 0 unspecified atom stereocenters. The fourth-order valence-corrected chi connectivity index (χ4v) is 6.69. The summed E-state index contributed by atoms with van der Waals surface area (Å²) in [4.78, 5) is 28.6. The van der Waals surface area contributed by atoms with Crippen molar-refractivity contribution in [2.24, 2.45) is 0 Å². The van der Waals surface area contributed by atoms with Crippen molar-refractivity contribution < 1.29 is 18.0 Å². The van der Waals surface area contributed by atoms with E-state index in [1.54, 1.807) is 36.5 Å². The SMILES string of the molecule is CCC(=O)N1c2ccc(S(=O)(=O)N3CCCCC3)cc2C[C@@H]1C(=O)NCCc1cccs1. The molecule has 1 fully saturated rings. The molecule has 1 aromatic carbocycles. The molecule has 172 valence electrons. The van der Waals surface area contributed by atoms with Crippen LogP contribution in [0.1, 0.15) is 43.0 Å². The summed E-state index contributed by atoms with van der Waals surface area (Å²) in [6.07, 6.45) is 4.12. The third kappa shape index (κ3) is 4.60. The first kappa shape index (κ1) is 22.9. The van der Waals surface area contributed by atoms with Gasteiger partial charge in [-0.1, -0.05) is 19.4 Å². The number of thiophene rings is 1. The number of piperidine rings is 1. The van der Waals surface area contributed by atoms with Gasteiger partial charge >= 0.3 is 0 Å². The van der Waals surface area contributed by atoms with E-state index in [0.29, 0.717) is 31.7 Å². The molecule has 1 N–H and O–H groups in total. The minimum atomic E-state index is -3.57. The second kappa shape index (κ2) is 9.72. The summed E-state index contributed by atoms with van der Waals surface area (Å²) in [6.45, 7) is 3.33. The normalized spacial score (nSPS) is 19.0. The number of benzene rings is 1. The fraction of sp³-hybridized carbons (Fsp3) is 0.478. The maximum atomic E-state index is 13.1. The van der Waals surface area contributed by atoms with Gasteiger partial charge in [-0.2, -0.15) is 4.31 Å². The van der Waals surface area contributed by atoms with Gasteiger partial charge in [0.1, 0.15) is 6.04 Å². The third-order valence-electron chi connectivity index (χ3n) is 6.11. The molecular weight excluding hydrogens is 446 g/mol. The van der Waals surface area contributed by atoms with Crippen LogP contribution in [0.25, 0.3) is 0 Å². The van der Waals surface area contributed by atoms with E-state index in [-0.39, 0.29) is 23.1 Å². The van der Waals surface area contributed by atoms with Crippen molar-refractivity contribution in [2.75, 3.05) is 24.5 Å². The second-order valence-electron chi connectivity index (χ2n) is 8.21. The highest BCUT2D eigenvalue weighted by Crippen LogP contribution is 2.35. The van der Waals surface area contributed by atoms with Gasteiger partial charge in [0.05, 0.1) is 4.90 Å². The Balaban J connectivity index is 1.53. The summed E-state index contributed by atoms with van der Waals surface area (Å²) < 4.78 is 27.7. The monoisotopic (exact) mass is 475 g/mol. The Kier molecular flexibility index (Phi) is 6.97. The number of anilines is 1. The van der Waals surface area contributed by atoms with Crippen LogP contribution < -0.4 is 10.2 Å². The van der Waals surface area contributed by atoms with Crippen LogP contribution >= 0.6 is 11.3 Å². The first-order valence-corrected chi connectivity index (χ1v) is 13.5. The summed E-state index contributed by atoms with van der Waals surface area (Å²) in [6, 6.07) is 8.24. The number of carbonyl (C=O) groups is 2. The predicted octanol–water partition coefficient (Wildman–Crippen LogP) is 2.95. The molecule has 7 nitrogen and oxygen atoms in total. The average Bonchev–Trinajstić information content (AvgIpc) is 3.46. The summed E-state index contributed by atoms with van der Waals surface area (Å²) in [5, 5.41) is 4.95. The van der Waals surface area contributed by atoms with E-state index in [4.69, 9.17) is 0 Å². The van der Waals surface area contributed by atoms with Crippen LogP contribution in [0.2, 0.25) is 0 Å². The number of sulfonamides is 1. The average molecular weight is 476 g/mol. The van der Waals surface area contributed by atoms with Crippen LogP contribution in [-0.4, -0.2) is 50.2 Å². The number of fused-ring (bicyclic) bond motifs is 1. The van der Waals surface area contributed by atoms with Gasteiger partial charge in [0.25, 0.3) is 0 Å². The zero-order valence-corrected chi connectivity index (χ0v) is 19.9. The molecule has 2 aromatic rings. The van der Waals surface area contributed by atoms with Crippen molar-refractivity contribution in [3.05, 3.63) is 46.2 Å². The highest BCUT2D eigenvalue weighted by atomic mass is 32.2. The molecule has 2 amide bonds. The van der Waals surface area contributed by atoms with E-state index in [1.807, 2.05) is 17.5 Å². The zero-order valence-electron chi connectivity index (χ0n) is 18.2. The summed E-state index contributed by atoms with van der Waals surface area (Å²) in [7, 11) is -3.57. The number of amides is 2. The molecule has 32 heavy (non-hydrogen) atoms. The van der Waals surface area contributed by atoms with Crippen molar-refractivity contribution in [1.82, 2.24) is 9.62 Å². The minimum absolute atomic E-state index is 0.145. The number of nitrogens with one attached hydrogen (secondary N) is 1. The molecule has 1 atom stereocenters. The van der Waals surface area contributed by atoms with Gasteiger partial charge in [0.15, 0.2) is 0 Å². The van der Waals surface area contributed by atoms with Crippen molar-refractivity contribution >= 4 is 38.9 Å². The Hall–Kier alpha value is -2.23. The lowest BCUT2D eigenvalue weighted by molar-refractivity contribution is -0.126. The summed E-state index contributed by atoms with van der Waals surface area (Å²) in [5.41, 5.74) is 1.36. The lowest BCUT2D eigenvalue weighted by atomic mass is 10.1. The highest BCUT2D eigenvalue weighted by Gasteiger charge is 2.38. The van der Waals surface area contributed by atoms with E-state index < -0.39 is 16.1 Å². The molecule has 1 aromatic heterocycles. The van der Waals surface area contributed by atoms with E-state index in [0.717, 1.165) is 31.2 Å². The van der Waals surface area contributed by atoms with Crippen LogP contribution in [0.15, 0.2) is 40.6 Å². The quantitative estimate of drug-likeness (QED) is 0.667. The summed E-state index contributed by atoms with van der Waals surface area (Å²) in [5.74, 6) is -0.353. The van der Waals surface area contributed by atoms with E-state index >= 15 is 0 Å². The third-order valence-corrected chi connectivity index (χ3v) is 8.94. The van der Waals surface area contributed by atoms with E-state index in [2.05, 4.69) is 5.32 Å². The Labute approximate surface area is 193 Å². The molecule has 0 radical (unpaired) electrons. The van der Waals surface area contributed by atoms with E-state index in [1.165, 1.54) is 14.1 Å². The van der Waals surface area contributed by atoms with Gasteiger partial charge in [-0.15, -0.1) is 11.3 Å². The molecule has 0 aliphatic carbocycles. The van der Waals surface area contributed by atoms with Gasteiger partial charge < -0.3 is 5.32 Å². The number of nitrogens with zero attached hydrogens (tertiary/aromatic N) is 2. The lowest BCUT2D eigenvalue weighted by Crippen LogP contribution is -2.48. The molecule has 2 aliphatic rings. The number of carbonyl (C=O) groups excluding carboxylic acids is 2. The predicted molar refractivity (Wildman–Crippen MR) is 125 cm³/mol. The minimum Gasteiger partial charge on any atom is -0.354 e. The van der Waals surface area contributed by atoms with Gasteiger partial charge in [0.2, 0.25) is 21.8 Å². The zero-order chi connectivity index (χ0) is 22.7. The lowest BCUT2D eigenvalue weighted by Gasteiger charge is -2.26. The first-order chi connectivity index (χ1) is 15.4. The van der Waals surface area contributed by atoms with Gasteiger partial charge in [0, 0.05) is 43.0 Å². The molecule has 1 saturated heterocycles. The van der Waals surface area contributed by atoms with Crippen molar-refractivity contribution in [3.8, 4) is 0 Å². The van der Waals surface area contributed by atoms with Crippen LogP contribution in [0.5, 0.6) is 0 Å². The van der Waals surface area contributed by atoms with Gasteiger partial charge in [-0.05, 0) is 54.5 Å². The maximum absolute atomic E-state index is 13.1. The van der Waals surface area contributed by atoms with Gasteiger partial charge in [-0.25, -0.2) is 8.42 Å². The molecule has 0 bridgehead atoms. The maximum Gasteiger partial charge on any atom is 0.243 e. The van der Waals surface area contributed by atoms with E-state index in [9.17, 15) is 18.0 Å². The Morgan fingerprint density at radius 1 is 1.16 bits per heavy atom. The smallest absolute Gasteiger partial charge is 0.243 e.